The van der Waals surface area contributed by atoms with Gasteiger partial charge < -0.3 is 0 Å². The normalized spacial score (nSPS) is 11.8. The zero-order valence-electron chi connectivity index (χ0n) is 18.4. The molecule has 34 heavy (non-hydrogen) atoms. The fourth-order valence-electron chi connectivity index (χ4n) is 5.34. The van der Waals surface area contributed by atoms with Crippen molar-refractivity contribution in [3.63, 3.8) is 0 Å². The van der Waals surface area contributed by atoms with E-state index in [1.165, 1.54) is 54.6 Å². The summed E-state index contributed by atoms with van der Waals surface area (Å²) >= 11 is 0. The Morgan fingerprint density at radius 1 is 0.588 bits per heavy atom. The zero-order chi connectivity index (χ0) is 22.5. The van der Waals surface area contributed by atoms with E-state index < -0.39 is 0 Å². The molecule has 7 rings (SSSR count). The lowest BCUT2D eigenvalue weighted by Crippen LogP contribution is -2.10. The molecule has 1 aromatic heterocycles. The lowest BCUT2D eigenvalue weighted by molar-refractivity contribution is 1.31. The lowest BCUT2D eigenvalue weighted by Gasteiger charge is -2.13. The summed E-state index contributed by atoms with van der Waals surface area (Å²) in [6, 6.07) is 36.6. The second kappa shape index (κ2) is 7.44. The second-order valence-corrected chi connectivity index (χ2v) is 8.61. The summed E-state index contributed by atoms with van der Waals surface area (Å²) in [5, 5.41) is 6.29. The summed E-state index contributed by atoms with van der Waals surface area (Å²) in [5.74, 6) is 6.97. The van der Waals surface area contributed by atoms with Gasteiger partial charge in [-0.05, 0) is 61.2 Å². The van der Waals surface area contributed by atoms with E-state index in [0.29, 0.717) is 0 Å². The highest BCUT2D eigenvalue weighted by Crippen LogP contribution is 2.41. The molecule has 0 aliphatic heterocycles. The first-order valence-corrected chi connectivity index (χ1v) is 11.5. The largest absolute Gasteiger partial charge is 0.263 e. The van der Waals surface area contributed by atoms with E-state index in [2.05, 4.69) is 108 Å². The molecule has 6 aromatic rings. The van der Waals surface area contributed by atoms with Crippen molar-refractivity contribution in [2.45, 2.75) is 0 Å². The van der Waals surface area contributed by atoms with Gasteiger partial charge in [0.25, 0.3) is 0 Å². The molecule has 0 unspecified atom stereocenters. The standard InChI is InChI=1S/C33H19N/c1-2-10-24(11-3-1)31-26-14-4-5-15-27(26)32-28(19-18-22-9-8-20-34-21-22)25-16-6-12-23-13-7-17-29(30(23)25)33(31)32/h1-17,20-21H. The summed E-state index contributed by atoms with van der Waals surface area (Å²) in [7, 11) is 0. The van der Waals surface area contributed by atoms with Crippen molar-refractivity contribution in [1.29, 1.82) is 0 Å². The molecule has 0 radical (unpaired) electrons. The Morgan fingerprint density at radius 2 is 1.35 bits per heavy atom. The Kier molecular flexibility index (Phi) is 4.13. The Morgan fingerprint density at radius 3 is 2.15 bits per heavy atom. The fraction of sp³-hybridized carbons (Fsp3) is 0. The van der Waals surface area contributed by atoms with Crippen molar-refractivity contribution in [3.8, 4) is 23.0 Å². The number of pyridine rings is 1. The molecule has 1 aliphatic rings. The molecule has 0 spiro atoms. The molecule has 0 saturated heterocycles. The van der Waals surface area contributed by atoms with E-state index in [-0.39, 0.29) is 0 Å². The number of hydrogen-bond acceptors (Lipinski definition) is 1. The summed E-state index contributed by atoms with van der Waals surface area (Å²) in [6.45, 7) is 0. The van der Waals surface area contributed by atoms with Crippen LogP contribution in [-0.2, 0) is 0 Å². The Hall–Kier alpha value is -4.67. The summed E-state index contributed by atoms with van der Waals surface area (Å²) in [5.41, 5.74) is 8.27. The highest BCUT2D eigenvalue weighted by atomic mass is 14.6. The topological polar surface area (TPSA) is 12.9 Å². The molecule has 0 N–H and O–H groups in total. The van der Waals surface area contributed by atoms with Crippen LogP contribution in [0.5, 0.6) is 0 Å². The maximum absolute atomic E-state index is 4.25. The average Bonchev–Trinajstić information content (AvgIpc) is 3.25. The smallest absolute Gasteiger partial charge is 0.0432 e. The molecule has 0 bridgehead atoms. The van der Waals surface area contributed by atoms with Crippen LogP contribution < -0.4 is 5.22 Å². The van der Waals surface area contributed by atoms with Crippen molar-refractivity contribution in [3.05, 3.63) is 143 Å². The van der Waals surface area contributed by atoms with Crippen LogP contribution in [0.2, 0.25) is 0 Å². The van der Waals surface area contributed by atoms with Crippen molar-refractivity contribution < 1.29 is 0 Å². The van der Waals surface area contributed by atoms with E-state index in [4.69, 9.17) is 0 Å². The van der Waals surface area contributed by atoms with Crippen LogP contribution in [0.25, 0.3) is 38.2 Å². The number of aromatic nitrogens is 1. The molecule has 0 atom stereocenters. The van der Waals surface area contributed by atoms with Crippen molar-refractivity contribution in [2.24, 2.45) is 0 Å². The number of nitrogens with zero attached hydrogens (tertiary/aromatic N) is 1. The molecule has 5 aromatic carbocycles. The van der Waals surface area contributed by atoms with Gasteiger partial charge in [-0.25, -0.2) is 0 Å². The van der Waals surface area contributed by atoms with Gasteiger partial charge in [0.15, 0.2) is 0 Å². The second-order valence-electron chi connectivity index (χ2n) is 8.61. The van der Waals surface area contributed by atoms with Crippen LogP contribution in [0.15, 0.2) is 116 Å². The Balaban J connectivity index is 1.73. The van der Waals surface area contributed by atoms with Gasteiger partial charge in [-0.2, -0.15) is 0 Å². The SMILES string of the molecule is C(#Cc1c2c(c3cccc4cccc1c43)=C(c1ccccc1)c1ccccc1-2)c1cccnc1. The molecule has 0 amide bonds. The van der Waals surface area contributed by atoms with Gasteiger partial charge in [-0.3, -0.25) is 4.98 Å². The average molecular weight is 430 g/mol. The van der Waals surface area contributed by atoms with Crippen LogP contribution >= 0.6 is 0 Å². The van der Waals surface area contributed by atoms with Gasteiger partial charge in [-0.15, -0.1) is 0 Å². The monoisotopic (exact) mass is 429 g/mol. The predicted octanol–water partition coefficient (Wildman–Crippen LogP) is 6.73. The van der Waals surface area contributed by atoms with Crippen molar-refractivity contribution in [1.82, 2.24) is 4.98 Å². The van der Waals surface area contributed by atoms with Gasteiger partial charge in [0, 0.05) is 29.1 Å². The highest BCUT2D eigenvalue weighted by Gasteiger charge is 2.26. The van der Waals surface area contributed by atoms with E-state index in [1.54, 1.807) is 6.20 Å². The third-order valence-corrected chi connectivity index (χ3v) is 6.71. The molecule has 1 heteroatoms. The van der Waals surface area contributed by atoms with E-state index >= 15 is 0 Å². The van der Waals surface area contributed by atoms with Crippen LogP contribution in [-0.4, -0.2) is 4.98 Å². The lowest BCUT2D eigenvalue weighted by atomic mass is 9.89. The third kappa shape index (κ3) is 2.73. The first-order chi connectivity index (χ1) is 16.9. The molecule has 0 saturated carbocycles. The van der Waals surface area contributed by atoms with Gasteiger partial charge in [0.1, 0.15) is 0 Å². The maximum atomic E-state index is 4.25. The number of benzene rings is 5. The molecular weight excluding hydrogens is 410 g/mol. The molecule has 0 fully saturated rings. The summed E-state index contributed by atoms with van der Waals surface area (Å²) in [6.07, 6.45) is 3.61. The van der Waals surface area contributed by atoms with Gasteiger partial charge in [0.05, 0.1) is 0 Å². The first kappa shape index (κ1) is 18.9. The molecule has 1 aliphatic carbocycles. The van der Waals surface area contributed by atoms with Crippen LogP contribution in [0.3, 0.4) is 0 Å². The van der Waals surface area contributed by atoms with Crippen LogP contribution in [0, 0.1) is 11.8 Å². The molecule has 156 valence electrons. The maximum Gasteiger partial charge on any atom is 0.0432 e. The first-order valence-electron chi connectivity index (χ1n) is 11.5. The van der Waals surface area contributed by atoms with E-state index in [9.17, 15) is 0 Å². The molecule has 1 heterocycles. The highest BCUT2D eigenvalue weighted by molar-refractivity contribution is 6.18. The van der Waals surface area contributed by atoms with Gasteiger partial charge in [-0.1, -0.05) is 103 Å². The van der Waals surface area contributed by atoms with Crippen LogP contribution in [0.4, 0.5) is 0 Å². The van der Waals surface area contributed by atoms with E-state index in [0.717, 1.165) is 11.1 Å². The minimum absolute atomic E-state index is 0.918. The van der Waals surface area contributed by atoms with Crippen molar-refractivity contribution >= 4 is 27.1 Å². The van der Waals surface area contributed by atoms with Gasteiger partial charge in [0.2, 0.25) is 0 Å². The minimum atomic E-state index is 0.918. The summed E-state index contributed by atoms with van der Waals surface area (Å²) < 4.78 is 0. The Bertz CT molecular complexity index is 1830. The quantitative estimate of drug-likeness (QED) is 0.264. The zero-order valence-corrected chi connectivity index (χ0v) is 18.4. The number of hydrogen-bond donors (Lipinski definition) is 0. The minimum Gasteiger partial charge on any atom is -0.263 e. The van der Waals surface area contributed by atoms with Crippen LogP contribution in [0.1, 0.15) is 22.3 Å². The molecule has 1 nitrogen and oxygen atoms in total. The van der Waals surface area contributed by atoms with Gasteiger partial charge >= 0.3 is 0 Å². The number of fused-ring (bicyclic) bond motifs is 4. The molecular formula is C33H19N. The van der Waals surface area contributed by atoms with Crippen molar-refractivity contribution in [2.75, 3.05) is 0 Å². The number of rotatable bonds is 1. The predicted molar refractivity (Wildman–Crippen MR) is 140 cm³/mol. The van der Waals surface area contributed by atoms with E-state index in [1.807, 2.05) is 18.3 Å². The third-order valence-electron chi connectivity index (χ3n) is 6.71. The fourth-order valence-corrected chi connectivity index (χ4v) is 5.34. The Labute approximate surface area is 198 Å². The summed E-state index contributed by atoms with van der Waals surface area (Å²) in [4.78, 5) is 4.25.